The van der Waals surface area contributed by atoms with Crippen molar-refractivity contribution in [1.29, 1.82) is 0 Å². The van der Waals surface area contributed by atoms with Crippen LogP contribution in [-0.4, -0.2) is 30.5 Å². The Hall–Kier alpha value is -0.420. The van der Waals surface area contributed by atoms with E-state index in [0.29, 0.717) is 5.92 Å². The maximum atomic E-state index is 13.0. The summed E-state index contributed by atoms with van der Waals surface area (Å²) in [7, 11) is 0. The van der Waals surface area contributed by atoms with E-state index in [-0.39, 0.29) is 37.3 Å². The summed E-state index contributed by atoms with van der Waals surface area (Å²) in [5, 5.41) is 5.56. The minimum atomic E-state index is -2.73. The molecule has 0 bridgehead atoms. The normalized spacial score (nSPS) is 36.2. The van der Waals surface area contributed by atoms with E-state index in [2.05, 4.69) is 10.6 Å². The fourth-order valence-electron chi connectivity index (χ4n) is 3.65. The van der Waals surface area contributed by atoms with Gasteiger partial charge in [0.25, 0.3) is 5.92 Å². The third kappa shape index (κ3) is 3.61. The highest BCUT2D eigenvalue weighted by Crippen LogP contribution is 2.44. The Labute approximate surface area is 124 Å². The van der Waals surface area contributed by atoms with Gasteiger partial charge in [-0.15, -0.1) is 12.4 Å². The first-order valence-electron chi connectivity index (χ1n) is 7.47. The Bertz CT molecular complexity index is 361. The second-order valence-electron chi connectivity index (χ2n) is 6.41. The molecule has 1 aliphatic heterocycles. The lowest BCUT2D eigenvalue weighted by atomic mass is 9.85. The SMILES string of the molecule is Cl.O=C(NC1CC1C1CCCCC1)C1CC(F)(F)CN1. The van der Waals surface area contributed by atoms with E-state index < -0.39 is 12.0 Å². The number of amides is 1. The molecular formula is C14H23ClF2N2O. The van der Waals surface area contributed by atoms with Crippen molar-refractivity contribution in [3.8, 4) is 0 Å². The molecule has 3 unspecified atom stereocenters. The van der Waals surface area contributed by atoms with Gasteiger partial charge in [-0.1, -0.05) is 32.1 Å². The molecule has 1 saturated heterocycles. The summed E-state index contributed by atoms with van der Waals surface area (Å²) in [5.74, 6) is -1.61. The van der Waals surface area contributed by atoms with Crippen LogP contribution in [-0.2, 0) is 4.79 Å². The summed E-state index contributed by atoms with van der Waals surface area (Å²) in [6.45, 7) is -0.373. The lowest BCUT2D eigenvalue weighted by Gasteiger charge is -2.22. The third-order valence-electron chi connectivity index (χ3n) is 4.85. The van der Waals surface area contributed by atoms with Crippen LogP contribution in [0.3, 0.4) is 0 Å². The van der Waals surface area contributed by atoms with Crippen LogP contribution in [0.1, 0.15) is 44.9 Å². The molecule has 3 fully saturated rings. The highest BCUT2D eigenvalue weighted by atomic mass is 35.5. The van der Waals surface area contributed by atoms with Crippen molar-refractivity contribution in [3.63, 3.8) is 0 Å². The number of nitrogens with one attached hydrogen (secondary N) is 2. The number of halogens is 3. The van der Waals surface area contributed by atoms with Gasteiger partial charge in [0, 0.05) is 12.5 Å². The van der Waals surface area contributed by atoms with Crippen molar-refractivity contribution >= 4 is 18.3 Å². The van der Waals surface area contributed by atoms with Gasteiger partial charge in [0.05, 0.1) is 12.6 Å². The first-order valence-corrected chi connectivity index (χ1v) is 7.47. The summed E-state index contributed by atoms with van der Waals surface area (Å²) in [5.41, 5.74) is 0. The number of carbonyl (C=O) groups is 1. The lowest BCUT2D eigenvalue weighted by Crippen LogP contribution is -2.42. The molecule has 0 aromatic carbocycles. The quantitative estimate of drug-likeness (QED) is 0.841. The van der Waals surface area contributed by atoms with Gasteiger partial charge < -0.3 is 5.32 Å². The molecule has 0 aromatic rings. The highest BCUT2D eigenvalue weighted by Gasteiger charge is 2.47. The molecule has 2 N–H and O–H groups in total. The van der Waals surface area contributed by atoms with Gasteiger partial charge in [-0.2, -0.15) is 0 Å². The predicted molar refractivity (Wildman–Crippen MR) is 75.2 cm³/mol. The zero-order valence-corrected chi connectivity index (χ0v) is 12.4. The molecule has 0 radical (unpaired) electrons. The molecule has 3 nitrogen and oxygen atoms in total. The van der Waals surface area contributed by atoms with Crippen LogP contribution >= 0.6 is 12.4 Å². The van der Waals surface area contributed by atoms with E-state index in [1.54, 1.807) is 0 Å². The Morgan fingerprint density at radius 1 is 1.20 bits per heavy atom. The van der Waals surface area contributed by atoms with Gasteiger partial charge in [-0.3, -0.25) is 10.1 Å². The van der Waals surface area contributed by atoms with E-state index in [4.69, 9.17) is 0 Å². The van der Waals surface area contributed by atoms with Gasteiger partial charge >= 0.3 is 0 Å². The lowest BCUT2D eigenvalue weighted by molar-refractivity contribution is -0.123. The summed E-state index contributed by atoms with van der Waals surface area (Å²) >= 11 is 0. The van der Waals surface area contributed by atoms with E-state index in [0.717, 1.165) is 12.3 Å². The van der Waals surface area contributed by atoms with Crippen LogP contribution in [0, 0.1) is 11.8 Å². The van der Waals surface area contributed by atoms with Crippen molar-refractivity contribution in [2.45, 2.75) is 63.0 Å². The van der Waals surface area contributed by atoms with Crippen LogP contribution in [0.5, 0.6) is 0 Å². The standard InChI is InChI=1S/C14H22F2N2O.ClH/c15-14(16)7-12(17-8-14)13(19)18-11-6-10(11)9-4-2-1-3-5-9;/h9-12,17H,1-8H2,(H,18,19);1H. The molecule has 2 saturated carbocycles. The van der Waals surface area contributed by atoms with Crippen LogP contribution in [0.4, 0.5) is 8.78 Å². The topological polar surface area (TPSA) is 41.1 Å². The van der Waals surface area contributed by atoms with Crippen molar-refractivity contribution in [2.24, 2.45) is 11.8 Å². The molecule has 1 heterocycles. The first kappa shape index (κ1) is 16.0. The average Bonchev–Trinajstić information content (AvgIpc) is 3.05. The Morgan fingerprint density at radius 3 is 2.50 bits per heavy atom. The van der Waals surface area contributed by atoms with Crippen LogP contribution in [0.25, 0.3) is 0 Å². The molecule has 2 aliphatic carbocycles. The minimum absolute atomic E-state index is 0. The highest BCUT2D eigenvalue weighted by molar-refractivity contribution is 5.85. The molecule has 1 amide bonds. The smallest absolute Gasteiger partial charge is 0.262 e. The molecular weight excluding hydrogens is 286 g/mol. The van der Waals surface area contributed by atoms with Gasteiger partial charge in [-0.05, 0) is 18.3 Å². The molecule has 0 spiro atoms. The number of hydrogen-bond acceptors (Lipinski definition) is 2. The maximum Gasteiger partial charge on any atom is 0.262 e. The number of hydrogen-bond donors (Lipinski definition) is 2. The number of carbonyl (C=O) groups excluding carboxylic acids is 1. The summed E-state index contributed by atoms with van der Waals surface area (Å²) in [6, 6.07) is -0.464. The van der Waals surface area contributed by atoms with Crippen LogP contribution in [0.2, 0.25) is 0 Å². The summed E-state index contributed by atoms with van der Waals surface area (Å²) in [6.07, 6.45) is 7.17. The fraction of sp³-hybridized carbons (Fsp3) is 0.929. The molecule has 116 valence electrons. The predicted octanol–water partition coefficient (Wildman–Crippen LogP) is 2.49. The van der Waals surface area contributed by atoms with Crippen molar-refractivity contribution in [1.82, 2.24) is 10.6 Å². The second-order valence-corrected chi connectivity index (χ2v) is 6.41. The maximum absolute atomic E-state index is 13.0. The molecule has 6 heteroatoms. The van der Waals surface area contributed by atoms with E-state index in [1.807, 2.05) is 0 Å². The van der Waals surface area contributed by atoms with Crippen molar-refractivity contribution < 1.29 is 13.6 Å². The van der Waals surface area contributed by atoms with Gasteiger partial charge in [-0.25, -0.2) is 8.78 Å². The van der Waals surface area contributed by atoms with Crippen LogP contribution < -0.4 is 10.6 Å². The zero-order valence-electron chi connectivity index (χ0n) is 11.5. The molecule has 3 atom stereocenters. The third-order valence-corrected chi connectivity index (χ3v) is 4.85. The van der Waals surface area contributed by atoms with Gasteiger partial charge in [0.15, 0.2) is 0 Å². The fourth-order valence-corrected chi connectivity index (χ4v) is 3.65. The first-order chi connectivity index (χ1) is 9.05. The van der Waals surface area contributed by atoms with E-state index >= 15 is 0 Å². The molecule has 20 heavy (non-hydrogen) atoms. The average molecular weight is 309 g/mol. The van der Waals surface area contributed by atoms with Gasteiger partial charge in [0.2, 0.25) is 5.91 Å². The Balaban J connectivity index is 0.00000147. The largest absolute Gasteiger partial charge is 0.352 e. The minimum Gasteiger partial charge on any atom is -0.352 e. The van der Waals surface area contributed by atoms with Gasteiger partial charge in [0.1, 0.15) is 0 Å². The molecule has 0 aromatic heterocycles. The molecule has 3 rings (SSSR count). The Morgan fingerprint density at radius 2 is 1.90 bits per heavy atom. The summed E-state index contributed by atoms with van der Waals surface area (Å²) in [4.78, 5) is 11.9. The van der Waals surface area contributed by atoms with E-state index in [1.165, 1.54) is 32.1 Å². The monoisotopic (exact) mass is 308 g/mol. The summed E-state index contributed by atoms with van der Waals surface area (Å²) < 4.78 is 26.1. The second kappa shape index (κ2) is 6.14. The molecule has 3 aliphatic rings. The zero-order chi connectivity index (χ0) is 13.5. The number of alkyl halides is 2. The number of rotatable bonds is 3. The van der Waals surface area contributed by atoms with Crippen LogP contribution in [0.15, 0.2) is 0 Å². The van der Waals surface area contributed by atoms with E-state index in [9.17, 15) is 13.6 Å². The Kier molecular flexibility index (Phi) is 4.90. The van der Waals surface area contributed by atoms with Crippen molar-refractivity contribution in [3.05, 3.63) is 0 Å². The van der Waals surface area contributed by atoms with Crippen molar-refractivity contribution in [2.75, 3.05) is 6.54 Å².